The summed E-state index contributed by atoms with van der Waals surface area (Å²) in [5.41, 5.74) is 3.42. The van der Waals surface area contributed by atoms with Crippen molar-refractivity contribution in [2.24, 2.45) is 0 Å². The van der Waals surface area contributed by atoms with Gasteiger partial charge in [0.15, 0.2) is 0 Å². The number of hydrogen-bond donors (Lipinski definition) is 0. The predicted octanol–water partition coefficient (Wildman–Crippen LogP) is 6.81. The van der Waals surface area contributed by atoms with Crippen LogP contribution in [0.15, 0.2) is 91.0 Å². The van der Waals surface area contributed by atoms with Crippen LogP contribution in [-0.4, -0.2) is 0 Å². The molecule has 0 bridgehead atoms. The van der Waals surface area contributed by atoms with E-state index in [9.17, 15) is 0 Å². The van der Waals surface area contributed by atoms with Gasteiger partial charge in [0, 0.05) is 0 Å². The van der Waals surface area contributed by atoms with Gasteiger partial charge in [-0.1, -0.05) is 96.6 Å². The van der Waals surface area contributed by atoms with Gasteiger partial charge in [-0.05, 0) is 18.1 Å². The highest BCUT2D eigenvalue weighted by Crippen LogP contribution is 2.42. The van der Waals surface area contributed by atoms with E-state index in [-0.39, 0.29) is 0 Å². The first kappa shape index (κ1) is 20.6. The summed E-state index contributed by atoms with van der Waals surface area (Å²) in [6, 6.07) is 29.9. The first-order valence-electron chi connectivity index (χ1n) is 8.22. The van der Waals surface area contributed by atoms with Crippen LogP contribution in [0.3, 0.4) is 0 Å². The van der Waals surface area contributed by atoms with Gasteiger partial charge < -0.3 is 9.05 Å². The summed E-state index contributed by atoms with van der Waals surface area (Å²) in [6.07, 6.45) is 0. The maximum absolute atomic E-state index is 5.49. The lowest BCUT2D eigenvalue weighted by Gasteiger charge is -2.12. The van der Waals surface area contributed by atoms with Crippen LogP contribution >= 0.6 is 20.5 Å². The van der Waals surface area contributed by atoms with Gasteiger partial charge >= 0.3 is 8.60 Å². The Morgan fingerprint density at radius 2 is 1.04 bits per heavy atom. The summed E-state index contributed by atoms with van der Waals surface area (Å²) in [6.45, 7) is 2.90. The average Bonchev–Trinajstić information content (AvgIpc) is 2.71. The number of aryl methyl sites for hydroxylation is 1. The van der Waals surface area contributed by atoms with Crippen molar-refractivity contribution in [2.45, 2.75) is 20.1 Å². The van der Waals surface area contributed by atoms with E-state index < -0.39 is 8.60 Å². The molecular formula is C21H22ClO3P. The van der Waals surface area contributed by atoms with Crippen molar-refractivity contribution in [3.05, 3.63) is 108 Å². The normalized spacial score (nSPS) is 10.3. The van der Waals surface area contributed by atoms with E-state index in [0.29, 0.717) is 13.2 Å². The molecule has 0 N–H and O–H groups in total. The molecule has 3 aromatic rings. The molecule has 136 valence electrons. The van der Waals surface area contributed by atoms with Crippen LogP contribution in [-0.2, 0) is 26.3 Å². The third-order valence-electron chi connectivity index (χ3n) is 3.36. The maximum Gasteiger partial charge on any atom is 0.351 e. The van der Waals surface area contributed by atoms with Gasteiger partial charge in [-0.25, -0.2) is 0 Å². The summed E-state index contributed by atoms with van der Waals surface area (Å²) in [7, 11) is -1.54. The summed E-state index contributed by atoms with van der Waals surface area (Å²) < 4.78 is 15.7. The van der Waals surface area contributed by atoms with Crippen molar-refractivity contribution in [3.8, 4) is 0 Å². The third-order valence-corrected chi connectivity index (χ3v) is 4.49. The molecule has 5 heteroatoms. The molecule has 0 radical (unpaired) electrons. The zero-order valence-electron chi connectivity index (χ0n) is 14.6. The lowest BCUT2D eigenvalue weighted by atomic mass is 10.2. The van der Waals surface area contributed by atoms with E-state index in [1.165, 1.54) is 5.56 Å². The zero-order chi connectivity index (χ0) is 18.5. The second kappa shape index (κ2) is 12.6. The molecule has 3 nitrogen and oxygen atoms in total. The van der Waals surface area contributed by atoms with E-state index in [2.05, 4.69) is 23.1 Å². The Morgan fingerprint density at radius 3 is 1.35 bits per heavy atom. The fourth-order valence-corrected chi connectivity index (χ4v) is 2.92. The van der Waals surface area contributed by atoms with Crippen LogP contribution in [0.5, 0.6) is 0 Å². The van der Waals surface area contributed by atoms with E-state index in [4.69, 9.17) is 20.9 Å². The molecule has 0 unspecified atom stereocenters. The van der Waals surface area contributed by atoms with Crippen LogP contribution in [0.25, 0.3) is 0 Å². The fourth-order valence-electron chi connectivity index (χ4n) is 2.01. The molecule has 3 rings (SSSR count). The minimum atomic E-state index is -1.54. The highest BCUT2D eigenvalue weighted by atomic mass is 35.5. The Labute approximate surface area is 161 Å². The third kappa shape index (κ3) is 8.57. The van der Waals surface area contributed by atoms with Crippen molar-refractivity contribution in [1.82, 2.24) is 0 Å². The lowest BCUT2D eigenvalue weighted by Crippen LogP contribution is -1.93. The Morgan fingerprint density at radius 1 is 0.654 bits per heavy atom. The monoisotopic (exact) mass is 388 g/mol. The second-order valence-electron chi connectivity index (χ2n) is 5.47. The Kier molecular flexibility index (Phi) is 9.96. The van der Waals surface area contributed by atoms with Gasteiger partial charge in [-0.2, -0.15) is 4.08 Å². The second-order valence-corrected chi connectivity index (χ2v) is 6.98. The van der Waals surface area contributed by atoms with Gasteiger partial charge in [0.05, 0.1) is 25.1 Å². The topological polar surface area (TPSA) is 27.7 Å². The molecule has 0 aliphatic carbocycles. The SMILES string of the molecule is Cc1ccccc1.ClOP(OCc1ccccc1)OCc1ccccc1. The Bertz CT molecular complexity index is 668. The van der Waals surface area contributed by atoms with Crippen LogP contribution in [0, 0.1) is 6.92 Å². The summed E-state index contributed by atoms with van der Waals surface area (Å²) >= 11 is 5.38. The molecule has 0 amide bonds. The molecule has 0 saturated heterocycles. The number of benzene rings is 3. The van der Waals surface area contributed by atoms with Gasteiger partial charge in [-0.15, -0.1) is 0 Å². The number of rotatable bonds is 7. The molecule has 0 atom stereocenters. The minimum Gasteiger partial charge on any atom is -0.307 e. The smallest absolute Gasteiger partial charge is 0.307 e. The fraction of sp³-hybridized carbons (Fsp3) is 0.143. The van der Waals surface area contributed by atoms with Crippen LogP contribution in [0.2, 0.25) is 0 Å². The molecule has 3 aromatic carbocycles. The standard InChI is InChI=1S/C14H14ClO3P.C7H8/c15-18-19(16-11-13-7-3-1-4-8-13)17-12-14-9-5-2-6-10-14;1-7-5-3-2-4-6-7/h1-10H,11-12H2;2-6H,1H3. The largest absolute Gasteiger partial charge is 0.351 e. The van der Waals surface area contributed by atoms with E-state index in [1.807, 2.05) is 78.9 Å². The molecular weight excluding hydrogens is 367 g/mol. The Hall–Kier alpha value is -1.74. The van der Waals surface area contributed by atoms with Crippen molar-refractivity contribution < 1.29 is 13.1 Å². The number of hydrogen-bond acceptors (Lipinski definition) is 3. The van der Waals surface area contributed by atoms with Crippen molar-refractivity contribution >= 4 is 20.5 Å². The summed E-state index contributed by atoms with van der Waals surface area (Å²) in [5.74, 6) is 0. The van der Waals surface area contributed by atoms with E-state index in [1.54, 1.807) is 0 Å². The molecule has 0 aromatic heterocycles. The highest BCUT2D eigenvalue weighted by molar-refractivity contribution is 7.42. The van der Waals surface area contributed by atoms with Crippen LogP contribution in [0.1, 0.15) is 16.7 Å². The lowest BCUT2D eigenvalue weighted by molar-refractivity contribution is 0.196. The molecule has 26 heavy (non-hydrogen) atoms. The zero-order valence-corrected chi connectivity index (χ0v) is 16.3. The quantitative estimate of drug-likeness (QED) is 0.416. The van der Waals surface area contributed by atoms with Gasteiger partial charge in [0.1, 0.15) is 0 Å². The van der Waals surface area contributed by atoms with Crippen LogP contribution in [0.4, 0.5) is 0 Å². The van der Waals surface area contributed by atoms with E-state index in [0.717, 1.165) is 11.1 Å². The molecule has 0 aliphatic rings. The summed E-state index contributed by atoms with van der Waals surface area (Å²) in [4.78, 5) is 0. The van der Waals surface area contributed by atoms with E-state index >= 15 is 0 Å². The Balaban J connectivity index is 0.000000290. The first-order valence-corrected chi connectivity index (χ1v) is 9.62. The van der Waals surface area contributed by atoms with Gasteiger partial charge in [0.2, 0.25) is 0 Å². The van der Waals surface area contributed by atoms with Crippen molar-refractivity contribution in [3.63, 3.8) is 0 Å². The van der Waals surface area contributed by atoms with Gasteiger partial charge in [-0.3, -0.25) is 0 Å². The predicted molar refractivity (Wildman–Crippen MR) is 107 cm³/mol. The summed E-state index contributed by atoms with van der Waals surface area (Å²) in [5, 5.41) is 0. The maximum atomic E-state index is 5.49. The molecule has 0 fully saturated rings. The molecule has 0 heterocycles. The average molecular weight is 389 g/mol. The highest BCUT2D eigenvalue weighted by Gasteiger charge is 2.12. The molecule has 0 saturated carbocycles. The van der Waals surface area contributed by atoms with Gasteiger partial charge in [0.25, 0.3) is 0 Å². The first-order chi connectivity index (χ1) is 12.8. The van der Waals surface area contributed by atoms with Crippen LogP contribution < -0.4 is 0 Å². The van der Waals surface area contributed by atoms with Crippen molar-refractivity contribution in [2.75, 3.05) is 0 Å². The number of halogens is 1. The van der Waals surface area contributed by atoms with Crippen molar-refractivity contribution in [1.29, 1.82) is 0 Å². The molecule has 0 aliphatic heterocycles. The molecule has 0 spiro atoms. The minimum absolute atomic E-state index is 0.411.